The number of hydrogen-bond acceptors (Lipinski definition) is 4. The Bertz CT molecular complexity index is 1140. The van der Waals surface area contributed by atoms with Gasteiger partial charge < -0.3 is 14.1 Å². The number of carbonyl (C=O) groups is 1. The Labute approximate surface area is 169 Å². The molecule has 0 saturated carbocycles. The molecule has 0 fully saturated rings. The first-order valence-electron chi connectivity index (χ1n) is 9.81. The van der Waals surface area contributed by atoms with Gasteiger partial charge in [-0.2, -0.15) is 0 Å². The smallest absolute Gasteiger partial charge is 0.226 e. The average molecular weight is 388 g/mol. The van der Waals surface area contributed by atoms with E-state index in [4.69, 9.17) is 4.42 Å². The quantitative estimate of drug-likeness (QED) is 0.488. The summed E-state index contributed by atoms with van der Waals surface area (Å²) in [5, 5.41) is 2.97. The molecule has 1 aromatic carbocycles. The van der Waals surface area contributed by atoms with Crippen LogP contribution in [0.2, 0.25) is 0 Å². The lowest BCUT2D eigenvalue weighted by atomic mass is 10.1. The summed E-state index contributed by atoms with van der Waals surface area (Å²) in [6.45, 7) is 4.47. The maximum absolute atomic E-state index is 12.3. The summed E-state index contributed by atoms with van der Waals surface area (Å²) in [6.07, 6.45) is 5.72. The molecule has 1 N–H and O–H groups in total. The third-order valence-electron chi connectivity index (χ3n) is 4.90. The SMILES string of the molecule is Cc1cccc(-c2nc(CC(=O)NCCCc3ncc4ccccn34)c(C)o2)c1. The normalized spacial score (nSPS) is 11.1. The number of carbonyl (C=O) groups excluding carboxylic acids is 1. The van der Waals surface area contributed by atoms with Gasteiger partial charge in [-0.05, 0) is 44.5 Å². The monoisotopic (exact) mass is 388 g/mol. The van der Waals surface area contributed by atoms with Gasteiger partial charge in [-0.25, -0.2) is 9.97 Å². The molecule has 0 atom stereocenters. The highest BCUT2D eigenvalue weighted by atomic mass is 16.4. The summed E-state index contributed by atoms with van der Waals surface area (Å²) in [5.74, 6) is 2.19. The molecule has 0 aliphatic rings. The molecular weight excluding hydrogens is 364 g/mol. The van der Waals surface area contributed by atoms with Crippen molar-refractivity contribution in [3.63, 3.8) is 0 Å². The van der Waals surface area contributed by atoms with E-state index in [9.17, 15) is 4.79 Å². The van der Waals surface area contributed by atoms with Crippen LogP contribution in [0.25, 0.3) is 17.0 Å². The minimum Gasteiger partial charge on any atom is -0.441 e. The number of imidazole rings is 1. The van der Waals surface area contributed by atoms with E-state index in [2.05, 4.69) is 19.7 Å². The fourth-order valence-electron chi connectivity index (χ4n) is 3.37. The van der Waals surface area contributed by atoms with Crippen LogP contribution in [0.1, 0.15) is 29.3 Å². The molecule has 148 valence electrons. The van der Waals surface area contributed by atoms with Crippen molar-refractivity contribution in [2.75, 3.05) is 6.54 Å². The summed E-state index contributed by atoms with van der Waals surface area (Å²) in [4.78, 5) is 21.3. The highest BCUT2D eigenvalue weighted by molar-refractivity contribution is 5.78. The third-order valence-corrected chi connectivity index (χ3v) is 4.90. The van der Waals surface area contributed by atoms with Gasteiger partial charge in [0.05, 0.1) is 23.8 Å². The van der Waals surface area contributed by atoms with Gasteiger partial charge in [-0.3, -0.25) is 4.79 Å². The Morgan fingerprint density at radius 1 is 1.17 bits per heavy atom. The zero-order valence-electron chi connectivity index (χ0n) is 16.7. The van der Waals surface area contributed by atoms with Crippen LogP contribution in [-0.4, -0.2) is 26.8 Å². The number of oxazole rings is 1. The first-order chi connectivity index (χ1) is 14.1. The lowest BCUT2D eigenvalue weighted by Gasteiger charge is -2.04. The minimum atomic E-state index is -0.0508. The number of aromatic nitrogens is 3. The van der Waals surface area contributed by atoms with Crippen molar-refractivity contribution in [3.8, 4) is 11.5 Å². The number of amides is 1. The van der Waals surface area contributed by atoms with E-state index in [0.717, 1.165) is 35.3 Å². The Morgan fingerprint density at radius 2 is 2.07 bits per heavy atom. The van der Waals surface area contributed by atoms with Gasteiger partial charge in [-0.15, -0.1) is 0 Å². The van der Waals surface area contributed by atoms with Crippen LogP contribution < -0.4 is 5.32 Å². The predicted molar refractivity (Wildman–Crippen MR) is 112 cm³/mol. The number of rotatable bonds is 7. The maximum atomic E-state index is 12.3. The van der Waals surface area contributed by atoms with Crippen LogP contribution in [-0.2, 0) is 17.6 Å². The molecule has 3 aromatic heterocycles. The summed E-state index contributed by atoms with van der Waals surface area (Å²) in [6, 6.07) is 14.0. The molecule has 4 rings (SSSR count). The Morgan fingerprint density at radius 3 is 2.93 bits per heavy atom. The minimum absolute atomic E-state index is 0.0508. The average Bonchev–Trinajstić information content (AvgIpc) is 3.29. The number of nitrogens with zero attached hydrogens (tertiary/aromatic N) is 3. The van der Waals surface area contributed by atoms with Crippen LogP contribution in [0.4, 0.5) is 0 Å². The van der Waals surface area contributed by atoms with Crippen LogP contribution in [0.3, 0.4) is 0 Å². The number of benzene rings is 1. The summed E-state index contributed by atoms with van der Waals surface area (Å²) in [5.41, 5.74) is 3.82. The van der Waals surface area contributed by atoms with Gasteiger partial charge in [0.25, 0.3) is 0 Å². The van der Waals surface area contributed by atoms with Crippen molar-refractivity contribution in [1.29, 1.82) is 0 Å². The summed E-state index contributed by atoms with van der Waals surface area (Å²) >= 11 is 0. The second-order valence-electron chi connectivity index (χ2n) is 7.19. The van der Waals surface area contributed by atoms with Gasteiger partial charge in [0.15, 0.2) is 0 Å². The molecule has 0 bridgehead atoms. The molecule has 0 saturated heterocycles. The predicted octanol–water partition coefficient (Wildman–Crippen LogP) is 3.90. The number of aryl methyl sites for hydroxylation is 3. The fourth-order valence-corrected chi connectivity index (χ4v) is 3.37. The number of pyridine rings is 1. The molecule has 0 unspecified atom stereocenters. The van der Waals surface area contributed by atoms with Gasteiger partial charge in [-0.1, -0.05) is 23.8 Å². The molecule has 0 radical (unpaired) electrons. The second kappa shape index (κ2) is 8.31. The van der Waals surface area contributed by atoms with Crippen LogP contribution in [0, 0.1) is 13.8 Å². The van der Waals surface area contributed by atoms with E-state index < -0.39 is 0 Å². The Kier molecular flexibility index (Phi) is 5.42. The molecule has 0 spiro atoms. The Hall–Kier alpha value is -3.41. The molecule has 4 aromatic rings. The fraction of sp³-hybridized carbons (Fsp3) is 0.261. The Balaban J connectivity index is 1.30. The van der Waals surface area contributed by atoms with Crippen molar-refractivity contribution in [2.24, 2.45) is 0 Å². The highest BCUT2D eigenvalue weighted by Crippen LogP contribution is 2.22. The largest absolute Gasteiger partial charge is 0.441 e. The van der Waals surface area contributed by atoms with E-state index in [1.807, 2.05) is 68.7 Å². The van der Waals surface area contributed by atoms with Crippen LogP contribution in [0.15, 0.2) is 59.3 Å². The number of nitrogens with one attached hydrogen (secondary N) is 1. The van der Waals surface area contributed by atoms with Crippen molar-refractivity contribution in [3.05, 3.63) is 77.7 Å². The number of hydrogen-bond donors (Lipinski definition) is 1. The first kappa shape index (κ1) is 18.9. The van der Waals surface area contributed by atoms with Crippen LogP contribution in [0.5, 0.6) is 0 Å². The van der Waals surface area contributed by atoms with Gasteiger partial charge >= 0.3 is 0 Å². The summed E-state index contributed by atoms with van der Waals surface area (Å²) in [7, 11) is 0. The molecular formula is C23H24N4O2. The van der Waals surface area contributed by atoms with Crippen molar-refractivity contribution in [2.45, 2.75) is 33.1 Å². The topological polar surface area (TPSA) is 72.4 Å². The second-order valence-corrected chi connectivity index (χ2v) is 7.19. The summed E-state index contributed by atoms with van der Waals surface area (Å²) < 4.78 is 7.85. The highest BCUT2D eigenvalue weighted by Gasteiger charge is 2.14. The zero-order valence-corrected chi connectivity index (χ0v) is 16.7. The van der Waals surface area contributed by atoms with E-state index in [1.54, 1.807) is 0 Å². The number of fused-ring (bicyclic) bond motifs is 1. The molecule has 0 aliphatic carbocycles. The van der Waals surface area contributed by atoms with E-state index in [0.29, 0.717) is 23.9 Å². The first-order valence-corrected chi connectivity index (χ1v) is 9.81. The lowest BCUT2D eigenvalue weighted by molar-refractivity contribution is -0.120. The zero-order chi connectivity index (χ0) is 20.2. The maximum Gasteiger partial charge on any atom is 0.226 e. The van der Waals surface area contributed by atoms with Gasteiger partial charge in [0.1, 0.15) is 11.6 Å². The molecule has 29 heavy (non-hydrogen) atoms. The van der Waals surface area contributed by atoms with Gasteiger partial charge in [0, 0.05) is 24.7 Å². The third kappa shape index (κ3) is 4.37. The molecule has 0 aliphatic heterocycles. The molecule has 3 heterocycles. The van der Waals surface area contributed by atoms with E-state index in [1.165, 1.54) is 0 Å². The lowest BCUT2D eigenvalue weighted by Crippen LogP contribution is -2.26. The van der Waals surface area contributed by atoms with Crippen LogP contribution >= 0.6 is 0 Å². The van der Waals surface area contributed by atoms with Crippen molar-refractivity contribution < 1.29 is 9.21 Å². The van der Waals surface area contributed by atoms with E-state index in [-0.39, 0.29) is 12.3 Å². The van der Waals surface area contributed by atoms with Gasteiger partial charge in [0.2, 0.25) is 11.8 Å². The molecule has 6 heteroatoms. The van der Waals surface area contributed by atoms with E-state index >= 15 is 0 Å². The standard InChI is InChI=1S/C23H24N4O2/c1-16-7-5-8-18(13-16)23-26-20(17(2)29-23)14-22(28)24-11-6-10-21-25-15-19-9-3-4-12-27(19)21/h3-5,7-9,12-13,15H,6,10-11,14H2,1-2H3,(H,24,28). The van der Waals surface area contributed by atoms with Crippen molar-refractivity contribution >= 4 is 11.4 Å². The van der Waals surface area contributed by atoms with Crippen molar-refractivity contribution in [1.82, 2.24) is 19.7 Å². The molecule has 6 nitrogen and oxygen atoms in total. The molecule has 1 amide bonds.